The Kier molecular flexibility index (Phi) is 6.07. The van der Waals surface area contributed by atoms with Crippen LogP contribution < -0.4 is 4.74 Å². The minimum absolute atomic E-state index is 0.0708. The quantitative estimate of drug-likeness (QED) is 0.418. The van der Waals surface area contributed by atoms with Crippen LogP contribution in [0.25, 0.3) is 5.76 Å². The highest BCUT2D eigenvalue weighted by Gasteiger charge is 2.46. The Hall–Kier alpha value is -3.12. The standard InChI is InChI=1S/C26H29NO5/c1-15(2)17-5-7-18(8-6-17)23-22(25(29)26(30)27(23)11-12-31-4)24(28)19-9-10-21-20(14-19)13-16(3)32-21/h5-10,14-16,23,28H,11-13H2,1-4H3/b24-22-. The highest BCUT2D eigenvalue weighted by atomic mass is 16.5. The summed E-state index contributed by atoms with van der Waals surface area (Å²) in [5.74, 6) is -0.319. The van der Waals surface area contributed by atoms with Crippen LogP contribution in [0.2, 0.25) is 0 Å². The number of aliphatic hydroxyl groups excluding tert-OH is 1. The van der Waals surface area contributed by atoms with Crippen LogP contribution in [-0.2, 0) is 20.7 Å². The Bertz CT molecular complexity index is 1070. The van der Waals surface area contributed by atoms with Gasteiger partial charge in [-0.05, 0) is 47.7 Å². The van der Waals surface area contributed by atoms with Gasteiger partial charge in [0.2, 0.25) is 0 Å². The highest BCUT2D eigenvalue weighted by Crippen LogP contribution is 2.40. The maximum atomic E-state index is 13.1. The highest BCUT2D eigenvalue weighted by molar-refractivity contribution is 6.46. The number of ether oxygens (including phenoxy) is 2. The number of aliphatic hydroxyl groups is 1. The van der Waals surface area contributed by atoms with Gasteiger partial charge in [-0.1, -0.05) is 38.1 Å². The lowest BCUT2D eigenvalue weighted by Gasteiger charge is -2.25. The summed E-state index contributed by atoms with van der Waals surface area (Å²) in [7, 11) is 1.55. The van der Waals surface area contributed by atoms with E-state index < -0.39 is 17.7 Å². The zero-order valence-corrected chi connectivity index (χ0v) is 18.9. The monoisotopic (exact) mass is 435 g/mol. The van der Waals surface area contributed by atoms with Gasteiger partial charge in [-0.2, -0.15) is 0 Å². The summed E-state index contributed by atoms with van der Waals surface area (Å²) in [5, 5.41) is 11.2. The largest absolute Gasteiger partial charge is 0.507 e. The molecule has 168 valence electrons. The zero-order valence-electron chi connectivity index (χ0n) is 18.9. The fraction of sp³-hybridized carbons (Fsp3) is 0.385. The minimum atomic E-state index is -0.679. The lowest BCUT2D eigenvalue weighted by atomic mass is 9.92. The smallest absolute Gasteiger partial charge is 0.295 e. The third-order valence-electron chi connectivity index (χ3n) is 6.16. The van der Waals surface area contributed by atoms with E-state index in [2.05, 4.69) is 13.8 Å². The summed E-state index contributed by atoms with van der Waals surface area (Å²) in [4.78, 5) is 27.5. The molecule has 0 bridgehead atoms. The SMILES string of the molecule is COCCN1C(=O)C(=O)/C(=C(\O)c2ccc3c(c2)CC(C)O3)C1c1ccc(C(C)C)cc1. The molecule has 2 aromatic carbocycles. The predicted molar refractivity (Wildman–Crippen MR) is 122 cm³/mol. The van der Waals surface area contributed by atoms with Crippen molar-refractivity contribution in [2.45, 2.75) is 45.3 Å². The molecule has 4 rings (SSSR count). The molecule has 6 nitrogen and oxygen atoms in total. The maximum absolute atomic E-state index is 13.1. The van der Waals surface area contributed by atoms with Crippen LogP contribution in [0, 0.1) is 0 Å². The second-order valence-electron chi connectivity index (χ2n) is 8.76. The van der Waals surface area contributed by atoms with E-state index in [1.807, 2.05) is 37.3 Å². The van der Waals surface area contributed by atoms with Crippen LogP contribution in [-0.4, -0.2) is 48.1 Å². The van der Waals surface area contributed by atoms with Crippen molar-refractivity contribution in [3.63, 3.8) is 0 Å². The van der Waals surface area contributed by atoms with Crippen LogP contribution in [0.3, 0.4) is 0 Å². The molecule has 2 aliphatic rings. The third-order valence-corrected chi connectivity index (χ3v) is 6.16. The van der Waals surface area contributed by atoms with Gasteiger partial charge in [0.05, 0.1) is 18.2 Å². The van der Waals surface area contributed by atoms with E-state index in [4.69, 9.17) is 9.47 Å². The predicted octanol–water partition coefficient (Wildman–Crippen LogP) is 4.20. The van der Waals surface area contributed by atoms with E-state index in [0.29, 0.717) is 18.1 Å². The molecule has 1 N–H and O–H groups in total. The number of carbonyl (C=O) groups is 2. The second kappa shape index (κ2) is 8.79. The van der Waals surface area contributed by atoms with E-state index in [9.17, 15) is 14.7 Å². The van der Waals surface area contributed by atoms with Crippen molar-refractivity contribution in [3.05, 3.63) is 70.3 Å². The second-order valence-corrected chi connectivity index (χ2v) is 8.76. The van der Waals surface area contributed by atoms with Gasteiger partial charge in [0.25, 0.3) is 11.7 Å². The van der Waals surface area contributed by atoms with Crippen molar-refractivity contribution in [2.75, 3.05) is 20.3 Å². The van der Waals surface area contributed by atoms with E-state index >= 15 is 0 Å². The zero-order chi connectivity index (χ0) is 23.0. The number of benzene rings is 2. The fourth-order valence-electron chi connectivity index (χ4n) is 4.43. The molecule has 1 saturated heterocycles. The molecule has 2 heterocycles. The molecule has 1 amide bonds. The molecule has 1 fully saturated rings. The minimum Gasteiger partial charge on any atom is -0.507 e. The summed E-state index contributed by atoms with van der Waals surface area (Å²) in [6, 6.07) is 12.6. The number of carbonyl (C=O) groups excluding carboxylic acids is 2. The number of ketones is 1. The topological polar surface area (TPSA) is 76.1 Å². The number of likely N-dealkylation sites (tertiary alicyclic amines) is 1. The Morgan fingerprint density at radius 3 is 2.56 bits per heavy atom. The maximum Gasteiger partial charge on any atom is 0.295 e. The number of Topliss-reactive ketones (excluding diaryl/α,β-unsaturated/α-hetero) is 1. The molecule has 2 atom stereocenters. The molecular weight excluding hydrogens is 406 g/mol. The van der Waals surface area contributed by atoms with Crippen molar-refractivity contribution in [2.24, 2.45) is 0 Å². The van der Waals surface area contributed by atoms with E-state index in [-0.39, 0.29) is 24.0 Å². The van der Waals surface area contributed by atoms with E-state index in [0.717, 1.165) is 28.9 Å². The van der Waals surface area contributed by atoms with Crippen molar-refractivity contribution in [1.29, 1.82) is 0 Å². The van der Waals surface area contributed by atoms with Gasteiger partial charge >= 0.3 is 0 Å². The Morgan fingerprint density at radius 1 is 1.19 bits per heavy atom. The Labute approximate surface area is 188 Å². The summed E-state index contributed by atoms with van der Waals surface area (Å²) in [5.41, 5.74) is 3.54. The normalized spacial score (nSPS) is 21.8. The number of nitrogens with zero attached hydrogens (tertiary/aromatic N) is 1. The first kappa shape index (κ1) is 22.1. The van der Waals surface area contributed by atoms with Gasteiger partial charge in [0.1, 0.15) is 17.6 Å². The van der Waals surface area contributed by atoms with E-state index in [1.54, 1.807) is 19.2 Å². The third kappa shape index (κ3) is 3.91. The number of rotatable bonds is 6. The van der Waals surface area contributed by atoms with Crippen molar-refractivity contribution < 1.29 is 24.2 Å². The van der Waals surface area contributed by atoms with Gasteiger partial charge in [0.15, 0.2) is 0 Å². The Balaban J connectivity index is 1.81. The average Bonchev–Trinajstić information content (AvgIpc) is 3.27. The molecule has 0 saturated carbocycles. The lowest BCUT2D eigenvalue weighted by molar-refractivity contribution is -0.140. The number of hydrogen-bond donors (Lipinski definition) is 1. The van der Waals surface area contributed by atoms with Crippen molar-refractivity contribution in [3.8, 4) is 5.75 Å². The first-order valence-corrected chi connectivity index (χ1v) is 11.0. The summed E-state index contributed by atoms with van der Waals surface area (Å²) < 4.78 is 10.9. The van der Waals surface area contributed by atoms with Gasteiger partial charge in [-0.15, -0.1) is 0 Å². The van der Waals surface area contributed by atoms with Crippen LogP contribution in [0.15, 0.2) is 48.0 Å². The molecule has 6 heteroatoms. The van der Waals surface area contributed by atoms with Crippen LogP contribution in [0.5, 0.6) is 5.75 Å². The molecule has 0 aromatic heterocycles. The van der Waals surface area contributed by atoms with E-state index in [1.165, 1.54) is 4.90 Å². The lowest BCUT2D eigenvalue weighted by Crippen LogP contribution is -2.32. The van der Waals surface area contributed by atoms with Gasteiger partial charge in [0, 0.05) is 25.6 Å². The summed E-state index contributed by atoms with van der Waals surface area (Å²) in [6.45, 7) is 6.75. The molecule has 2 unspecified atom stereocenters. The first-order valence-electron chi connectivity index (χ1n) is 11.0. The summed E-state index contributed by atoms with van der Waals surface area (Å²) in [6.07, 6.45) is 0.806. The number of hydrogen-bond acceptors (Lipinski definition) is 5. The van der Waals surface area contributed by atoms with Crippen LogP contribution in [0.1, 0.15) is 55.0 Å². The number of amides is 1. The van der Waals surface area contributed by atoms with Crippen LogP contribution >= 0.6 is 0 Å². The van der Waals surface area contributed by atoms with Gasteiger partial charge in [-0.3, -0.25) is 9.59 Å². The van der Waals surface area contributed by atoms with Crippen molar-refractivity contribution in [1.82, 2.24) is 4.90 Å². The molecular formula is C26H29NO5. The molecule has 0 aliphatic carbocycles. The molecule has 2 aromatic rings. The number of fused-ring (bicyclic) bond motifs is 1. The van der Waals surface area contributed by atoms with Gasteiger partial charge < -0.3 is 19.5 Å². The molecule has 0 radical (unpaired) electrons. The Morgan fingerprint density at radius 2 is 1.91 bits per heavy atom. The molecule has 32 heavy (non-hydrogen) atoms. The number of methoxy groups -OCH3 is 1. The summed E-state index contributed by atoms with van der Waals surface area (Å²) >= 11 is 0. The molecule has 0 spiro atoms. The van der Waals surface area contributed by atoms with Crippen LogP contribution in [0.4, 0.5) is 0 Å². The van der Waals surface area contributed by atoms with Crippen molar-refractivity contribution >= 4 is 17.4 Å². The first-order chi connectivity index (χ1) is 15.3. The van der Waals surface area contributed by atoms with Gasteiger partial charge in [-0.25, -0.2) is 0 Å². The molecule has 2 aliphatic heterocycles. The average molecular weight is 436 g/mol. The fourth-order valence-corrected chi connectivity index (χ4v) is 4.43.